The number of pyridine rings is 1. The first-order valence-corrected chi connectivity index (χ1v) is 7.40. The smallest absolute Gasteiger partial charge is 0.0772 e. The summed E-state index contributed by atoms with van der Waals surface area (Å²) in [6, 6.07) is 3.83. The molecule has 1 aromatic rings. The van der Waals surface area contributed by atoms with Gasteiger partial charge in [0.2, 0.25) is 0 Å². The molecule has 0 saturated carbocycles. The Hall–Kier alpha value is -1.09. The van der Waals surface area contributed by atoms with E-state index in [4.69, 9.17) is 5.73 Å². The lowest BCUT2D eigenvalue weighted by molar-refractivity contribution is 0.233. The van der Waals surface area contributed by atoms with Crippen LogP contribution in [0.15, 0.2) is 18.3 Å². The van der Waals surface area contributed by atoms with E-state index in [9.17, 15) is 0 Å². The predicted octanol–water partition coefficient (Wildman–Crippen LogP) is 3.56. The Morgan fingerprint density at radius 3 is 2.16 bits per heavy atom. The monoisotopic (exact) mass is 263 g/mol. The molecule has 0 aliphatic rings. The molecule has 1 heterocycles. The van der Waals surface area contributed by atoms with Gasteiger partial charge in [-0.2, -0.15) is 0 Å². The molecule has 0 fully saturated rings. The maximum atomic E-state index is 5.99. The minimum absolute atomic E-state index is 0.739. The van der Waals surface area contributed by atoms with Crippen LogP contribution in [0, 0.1) is 11.8 Å². The SMILES string of the molecule is CC(C)CCN(CCC(C)C)Cc1ncccc1N. The third kappa shape index (κ3) is 6.58. The van der Waals surface area contributed by atoms with Gasteiger partial charge in [0, 0.05) is 12.7 Å². The Balaban J connectivity index is 2.59. The van der Waals surface area contributed by atoms with Crippen molar-refractivity contribution >= 4 is 5.69 Å². The summed E-state index contributed by atoms with van der Waals surface area (Å²) in [7, 11) is 0. The zero-order valence-corrected chi connectivity index (χ0v) is 12.9. The molecule has 0 radical (unpaired) electrons. The van der Waals surface area contributed by atoms with Crippen LogP contribution in [0.5, 0.6) is 0 Å². The molecule has 3 heteroatoms. The van der Waals surface area contributed by atoms with Crippen molar-refractivity contribution in [2.24, 2.45) is 11.8 Å². The number of rotatable bonds is 8. The molecule has 0 amide bonds. The molecule has 19 heavy (non-hydrogen) atoms. The highest BCUT2D eigenvalue weighted by atomic mass is 15.1. The molecule has 0 spiro atoms. The Bertz CT molecular complexity index is 349. The van der Waals surface area contributed by atoms with E-state index < -0.39 is 0 Å². The molecule has 0 atom stereocenters. The van der Waals surface area contributed by atoms with E-state index in [1.165, 1.54) is 12.8 Å². The first-order valence-electron chi connectivity index (χ1n) is 7.40. The zero-order valence-electron chi connectivity index (χ0n) is 12.9. The fraction of sp³-hybridized carbons (Fsp3) is 0.688. The van der Waals surface area contributed by atoms with Crippen molar-refractivity contribution in [2.75, 3.05) is 18.8 Å². The van der Waals surface area contributed by atoms with Gasteiger partial charge in [-0.25, -0.2) is 0 Å². The molecule has 0 aromatic carbocycles. The Morgan fingerprint density at radius 1 is 1.11 bits per heavy atom. The van der Waals surface area contributed by atoms with Crippen molar-refractivity contribution in [1.29, 1.82) is 0 Å². The van der Waals surface area contributed by atoms with Crippen molar-refractivity contribution in [3.63, 3.8) is 0 Å². The van der Waals surface area contributed by atoms with Crippen LogP contribution in [0.2, 0.25) is 0 Å². The lowest BCUT2D eigenvalue weighted by atomic mass is 10.1. The number of nitrogen functional groups attached to an aromatic ring is 1. The molecular weight excluding hydrogens is 234 g/mol. The normalized spacial score (nSPS) is 11.7. The Labute approximate surface area is 118 Å². The van der Waals surface area contributed by atoms with Crippen LogP contribution in [0.1, 0.15) is 46.2 Å². The fourth-order valence-electron chi connectivity index (χ4n) is 1.95. The third-order valence-corrected chi connectivity index (χ3v) is 3.34. The van der Waals surface area contributed by atoms with Gasteiger partial charge in [-0.3, -0.25) is 9.88 Å². The highest BCUT2D eigenvalue weighted by Gasteiger charge is 2.10. The maximum absolute atomic E-state index is 5.99. The van der Waals surface area contributed by atoms with Crippen molar-refractivity contribution < 1.29 is 0 Å². The lowest BCUT2D eigenvalue weighted by Gasteiger charge is -2.24. The third-order valence-electron chi connectivity index (χ3n) is 3.34. The molecule has 3 nitrogen and oxygen atoms in total. The minimum Gasteiger partial charge on any atom is -0.397 e. The van der Waals surface area contributed by atoms with Crippen LogP contribution in [0.4, 0.5) is 5.69 Å². The lowest BCUT2D eigenvalue weighted by Crippen LogP contribution is -2.28. The number of nitrogens with two attached hydrogens (primary N) is 1. The van der Waals surface area contributed by atoms with Gasteiger partial charge >= 0.3 is 0 Å². The molecule has 0 aliphatic heterocycles. The summed E-state index contributed by atoms with van der Waals surface area (Å²) in [5.74, 6) is 1.48. The fourth-order valence-corrected chi connectivity index (χ4v) is 1.95. The van der Waals surface area contributed by atoms with E-state index in [0.717, 1.165) is 42.9 Å². The Morgan fingerprint density at radius 2 is 1.68 bits per heavy atom. The molecule has 108 valence electrons. The van der Waals surface area contributed by atoms with Crippen LogP contribution in [0.3, 0.4) is 0 Å². The molecule has 2 N–H and O–H groups in total. The van der Waals surface area contributed by atoms with Crippen LogP contribution < -0.4 is 5.73 Å². The summed E-state index contributed by atoms with van der Waals surface area (Å²) in [4.78, 5) is 6.89. The average molecular weight is 263 g/mol. The standard InChI is InChI=1S/C16H29N3/c1-13(2)7-10-19(11-8-14(3)4)12-16-15(17)6-5-9-18-16/h5-6,9,13-14H,7-8,10-12,17H2,1-4H3. The van der Waals surface area contributed by atoms with E-state index in [0.29, 0.717) is 0 Å². The first-order chi connectivity index (χ1) is 8.99. The van der Waals surface area contributed by atoms with Crippen LogP contribution in [-0.2, 0) is 6.54 Å². The highest BCUT2D eigenvalue weighted by molar-refractivity contribution is 5.41. The van der Waals surface area contributed by atoms with E-state index >= 15 is 0 Å². The number of aromatic nitrogens is 1. The van der Waals surface area contributed by atoms with Gasteiger partial charge < -0.3 is 5.73 Å². The second kappa shape index (κ2) is 8.16. The molecule has 0 bridgehead atoms. The van der Waals surface area contributed by atoms with E-state index in [2.05, 4.69) is 37.6 Å². The molecule has 0 unspecified atom stereocenters. The second-order valence-corrected chi connectivity index (χ2v) is 6.18. The molecule has 0 saturated heterocycles. The van der Waals surface area contributed by atoms with Crippen molar-refractivity contribution in [2.45, 2.75) is 47.1 Å². The van der Waals surface area contributed by atoms with Gasteiger partial charge in [0.05, 0.1) is 11.4 Å². The summed E-state index contributed by atoms with van der Waals surface area (Å²) in [6.45, 7) is 12.2. The summed E-state index contributed by atoms with van der Waals surface area (Å²) in [6.07, 6.45) is 4.28. The van der Waals surface area contributed by atoms with Crippen molar-refractivity contribution in [3.05, 3.63) is 24.0 Å². The highest BCUT2D eigenvalue weighted by Crippen LogP contribution is 2.13. The number of hydrogen-bond donors (Lipinski definition) is 1. The average Bonchev–Trinajstić information content (AvgIpc) is 2.34. The molecule has 0 aliphatic carbocycles. The van der Waals surface area contributed by atoms with Gasteiger partial charge in [-0.05, 0) is 49.9 Å². The molecule has 1 rings (SSSR count). The maximum Gasteiger partial charge on any atom is 0.0772 e. The number of hydrogen-bond acceptors (Lipinski definition) is 3. The quantitative estimate of drug-likeness (QED) is 0.780. The summed E-state index contributed by atoms with van der Waals surface area (Å²) < 4.78 is 0. The van der Waals surface area contributed by atoms with Crippen molar-refractivity contribution in [3.8, 4) is 0 Å². The number of anilines is 1. The van der Waals surface area contributed by atoms with Crippen molar-refractivity contribution in [1.82, 2.24) is 9.88 Å². The van der Waals surface area contributed by atoms with Crippen LogP contribution in [0.25, 0.3) is 0 Å². The van der Waals surface area contributed by atoms with Gasteiger partial charge in [-0.1, -0.05) is 27.7 Å². The second-order valence-electron chi connectivity index (χ2n) is 6.18. The van der Waals surface area contributed by atoms with E-state index in [-0.39, 0.29) is 0 Å². The van der Waals surface area contributed by atoms with E-state index in [1.54, 1.807) is 0 Å². The van der Waals surface area contributed by atoms with Crippen LogP contribution in [-0.4, -0.2) is 23.0 Å². The summed E-state index contributed by atoms with van der Waals surface area (Å²) >= 11 is 0. The number of nitrogens with zero attached hydrogens (tertiary/aromatic N) is 2. The van der Waals surface area contributed by atoms with Gasteiger partial charge in [0.15, 0.2) is 0 Å². The minimum atomic E-state index is 0.739. The summed E-state index contributed by atoms with van der Waals surface area (Å²) in [5, 5.41) is 0. The predicted molar refractivity (Wildman–Crippen MR) is 82.8 cm³/mol. The van der Waals surface area contributed by atoms with Gasteiger partial charge in [0.25, 0.3) is 0 Å². The zero-order chi connectivity index (χ0) is 14.3. The Kier molecular flexibility index (Phi) is 6.85. The molecular formula is C16H29N3. The van der Waals surface area contributed by atoms with Gasteiger partial charge in [0.1, 0.15) is 0 Å². The van der Waals surface area contributed by atoms with E-state index in [1.807, 2.05) is 18.3 Å². The van der Waals surface area contributed by atoms with Gasteiger partial charge in [-0.15, -0.1) is 0 Å². The first kappa shape index (κ1) is 16.0. The largest absolute Gasteiger partial charge is 0.397 e. The summed E-state index contributed by atoms with van der Waals surface area (Å²) in [5.41, 5.74) is 7.81. The topological polar surface area (TPSA) is 42.2 Å². The van der Waals surface area contributed by atoms with Crippen LogP contribution >= 0.6 is 0 Å². The molecule has 1 aromatic heterocycles.